The Kier molecular flexibility index (Phi) is 4.45. The third kappa shape index (κ3) is 3.08. The Morgan fingerprint density at radius 1 is 1.45 bits per heavy atom. The van der Waals surface area contributed by atoms with E-state index in [1.807, 2.05) is 0 Å². The van der Waals surface area contributed by atoms with E-state index in [0.29, 0.717) is 15.9 Å². The van der Waals surface area contributed by atoms with Gasteiger partial charge in [0.25, 0.3) is 11.6 Å². The van der Waals surface area contributed by atoms with Crippen LogP contribution in [0.2, 0.25) is 0 Å². The topological polar surface area (TPSA) is 99.3 Å². The molecule has 0 bridgehead atoms. The van der Waals surface area contributed by atoms with E-state index in [-0.39, 0.29) is 17.1 Å². The summed E-state index contributed by atoms with van der Waals surface area (Å²) in [5.41, 5.74) is 1.09. The maximum atomic E-state index is 12.3. The molecule has 1 N–H and O–H groups in total. The quantitative estimate of drug-likeness (QED) is 0.660. The summed E-state index contributed by atoms with van der Waals surface area (Å²) >= 11 is 3.30. The number of halogens is 1. The van der Waals surface area contributed by atoms with Crippen LogP contribution >= 0.6 is 15.9 Å². The molecular weight excluding hydrogens is 356 g/mol. The van der Waals surface area contributed by atoms with Gasteiger partial charge >= 0.3 is 0 Å². The average Bonchev–Trinajstić information content (AvgIpc) is 2.71. The van der Waals surface area contributed by atoms with Gasteiger partial charge in [-0.05, 0) is 22.9 Å². The van der Waals surface area contributed by atoms with E-state index in [9.17, 15) is 14.9 Å². The zero-order chi connectivity index (χ0) is 16.4. The smallest absolute Gasteiger partial charge is 0.275 e. The Morgan fingerprint density at radius 2 is 2.14 bits per heavy atom. The molecule has 1 aromatic carbocycles. The van der Waals surface area contributed by atoms with Crippen LogP contribution in [0.5, 0.6) is 5.75 Å². The summed E-state index contributed by atoms with van der Waals surface area (Å²) in [5, 5.41) is 17.6. The minimum absolute atomic E-state index is 0.171. The molecule has 0 saturated heterocycles. The molecule has 0 aliphatic carbocycles. The van der Waals surface area contributed by atoms with Gasteiger partial charge in [-0.25, -0.2) is 0 Å². The van der Waals surface area contributed by atoms with Crippen molar-refractivity contribution in [1.29, 1.82) is 0 Å². The highest BCUT2D eigenvalue weighted by Crippen LogP contribution is 2.27. The second kappa shape index (κ2) is 6.14. The van der Waals surface area contributed by atoms with Crippen LogP contribution in [0.1, 0.15) is 16.2 Å². The third-order valence-electron chi connectivity index (χ3n) is 2.96. The predicted molar refractivity (Wildman–Crippen MR) is 83.2 cm³/mol. The van der Waals surface area contributed by atoms with Gasteiger partial charge in [0, 0.05) is 19.2 Å². The number of hydrogen-bond donors (Lipinski definition) is 1. The number of aryl methyl sites for hydroxylation is 2. The number of methoxy groups -OCH3 is 1. The second-order valence-electron chi connectivity index (χ2n) is 4.50. The molecule has 1 amide bonds. The summed E-state index contributed by atoms with van der Waals surface area (Å²) in [7, 11) is 3.03. The molecule has 1 heterocycles. The predicted octanol–water partition coefficient (Wildman–Crippen LogP) is 2.66. The molecular formula is C13H13BrN4O4. The Morgan fingerprint density at radius 3 is 2.64 bits per heavy atom. The minimum atomic E-state index is -0.553. The van der Waals surface area contributed by atoms with Crippen molar-refractivity contribution in [2.75, 3.05) is 12.4 Å². The first-order chi connectivity index (χ1) is 10.3. The maximum Gasteiger partial charge on any atom is 0.275 e. The second-order valence-corrected chi connectivity index (χ2v) is 5.30. The van der Waals surface area contributed by atoms with E-state index in [0.717, 1.165) is 0 Å². The molecule has 8 nitrogen and oxygen atoms in total. The maximum absolute atomic E-state index is 12.3. The first-order valence-corrected chi connectivity index (χ1v) is 6.96. The van der Waals surface area contributed by atoms with Crippen molar-refractivity contribution < 1.29 is 14.5 Å². The van der Waals surface area contributed by atoms with Crippen LogP contribution in [0.3, 0.4) is 0 Å². The normalized spacial score (nSPS) is 10.4. The van der Waals surface area contributed by atoms with Crippen LogP contribution in [-0.2, 0) is 7.05 Å². The van der Waals surface area contributed by atoms with Gasteiger partial charge in [-0.1, -0.05) is 0 Å². The van der Waals surface area contributed by atoms with E-state index >= 15 is 0 Å². The molecule has 0 spiro atoms. The van der Waals surface area contributed by atoms with Gasteiger partial charge in [0.2, 0.25) is 0 Å². The fraction of sp³-hybridized carbons (Fsp3) is 0.231. The number of amides is 1. The lowest BCUT2D eigenvalue weighted by Crippen LogP contribution is -2.16. The van der Waals surface area contributed by atoms with Crippen molar-refractivity contribution in [3.8, 4) is 5.75 Å². The molecule has 116 valence electrons. The molecule has 9 heteroatoms. The molecule has 22 heavy (non-hydrogen) atoms. The molecule has 0 saturated carbocycles. The fourth-order valence-electron chi connectivity index (χ4n) is 1.95. The summed E-state index contributed by atoms with van der Waals surface area (Å²) in [6.07, 6.45) is 0. The highest BCUT2D eigenvalue weighted by atomic mass is 79.9. The molecule has 2 aromatic rings. The lowest BCUT2D eigenvalue weighted by molar-refractivity contribution is -0.384. The van der Waals surface area contributed by atoms with Crippen molar-refractivity contribution >= 4 is 33.2 Å². The number of carbonyl (C=O) groups is 1. The van der Waals surface area contributed by atoms with Gasteiger partial charge < -0.3 is 10.1 Å². The fourth-order valence-corrected chi connectivity index (χ4v) is 2.46. The van der Waals surface area contributed by atoms with Crippen LogP contribution in [0, 0.1) is 17.0 Å². The Bertz CT molecular complexity index is 757. The molecule has 0 aliphatic heterocycles. The average molecular weight is 369 g/mol. The number of nitro groups is 1. The SMILES string of the molecule is COc1cc(NC(=O)c2c(Br)c(C)nn2C)cc([N+](=O)[O-])c1. The number of nitrogens with zero attached hydrogens (tertiary/aromatic N) is 3. The zero-order valence-corrected chi connectivity index (χ0v) is 13.7. The van der Waals surface area contributed by atoms with Gasteiger partial charge in [-0.3, -0.25) is 19.6 Å². The molecule has 0 atom stereocenters. The highest BCUT2D eigenvalue weighted by molar-refractivity contribution is 9.10. The summed E-state index contributed by atoms with van der Waals surface area (Å²) in [6, 6.07) is 4.04. The Balaban J connectivity index is 2.36. The number of rotatable bonds is 4. The summed E-state index contributed by atoms with van der Waals surface area (Å²) < 4.78 is 7.01. The van der Waals surface area contributed by atoms with E-state index in [1.54, 1.807) is 14.0 Å². The van der Waals surface area contributed by atoms with Gasteiger partial charge in [0.05, 0.1) is 34.0 Å². The van der Waals surface area contributed by atoms with Crippen LogP contribution in [0.15, 0.2) is 22.7 Å². The number of aromatic nitrogens is 2. The van der Waals surface area contributed by atoms with Crippen LogP contribution in [0.25, 0.3) is 0 Å². The lowest BCUT2D eigenvalue weighted by atomic mass is 10.2. The number of nitrogens with one attached hydrogen (secondary N) is 1. The van der Waals surface area contributed by atoms with Crippen molar-refractivity contribution in [3.63, 3.8) is 0 Å². The number of hydrogen-bond acceptors (Lipinski definition) is 5. The van der Waals surface area contributed by atoms with Crippen LogP contribution in [0.4, 0.5) is 11.4 Å². The number of ether oxygens (including phenoxy) is 1. The largest absolute Gasteiger partial charge is 0.496 e. The van der Waals surface area contributed by atoms with Gasteiger partial charge in [-0.15, -0.1) is 0 Å². The number of carbonyl (C=O) groups excluding carboxylic acids is 1. The van der Waals surface area contributed by atoms with Crippen LogP contribution < -0.4 is 10.1 Å². The van der Waals surface area contributed by atoms with Gasteiger partial charge in [0.15, 0.2) is 0 Å². The van der Waals surface area contributed by atoms with Gasteiger partial charge in [0.1, 0.15) is 11.4 Å². The van der Waals surface area contributed by atoms with E-state index in [1.165, 1.54) is 30.0 Å². The third-order valence-corrected chi connectivity index (χ3v) is 3.91. The number of benzene rings is 1. The number of anilines is 1. The summed E-state index contributed by atoms with van der Waals surface area (Å²) in [6.45, 7) is 1.76. The highest BCUT2D eigenvalue weighted by Gasteiger charge is 2.19. The lowest BCUT2D eigenvalue weighted by Gasteiger charge is -2.08. The standard InChI is InChI=1S/C13H13BrN4O4/c1-7-11(14)12(17(2)16-7)13(19)15-8-4-9(18(20)21)6-10(5-8)22-3/h4-6H,1-3H3,(H,15,19). The summed E-state index contributed by atoms with van der Waals surface area (Å²) in [4.78, 5) is 22.7. The van der Waals surface area contributed by atoms with Crippen molar-refractivity contribution in [3.05, 3.63) is 44.2 Å². The van der Waals surface area contributed by atoms with Crippen molar-refractivity contribution in [2.45, 2.75) is 6.92 Å². The molecule has 0 aliphatic rings. The number of non-ortho nitro benzene ring substituents is 1. The van der Waals surface area contributed by atoms with Crippen molar-refractivity contribution in [1.82, 2.24) is 9.78 Å². The van der Waals surface area contributed by atoms with E-state index in [2.05, 4.69) is 26.3 Å². The summed E-state index contributed by atoms with van der Waals surface area (Å²) in [5.74, 6) is -0.151. The van der Waals surface area contributed by atoms with E-state index < -0.39 is 10.8 Å². The molecule has 0 fully saturated rings. The van der Waals surface area contributed by atoms with Crippen molar-refractivity contribution in [2.24, 2.45) is 7.05 Å². The molecule has 1 aromatic heterocycles. The Labute approximate surface area is 134 Å². The minimum Gasteiger partial charge on any atom is -0.496 e. The molecule has 2 rings (SSSR count). The van der Waals surface area contributed by atoms with Gasteiger partial charge in [-0.2, -0.15) is 5.10 Å². The Hall–Kier alpha value is -2.42. The molecule has 0 radical (unpaired) electrons. The first kappa shape index (κ1) is 16.0. The first-order valence-electron chi connectivity index (χ1n) is 6.17. The number of nitro benzene ring substituents is 1. The van der Waals surface area contributed by atoms with E-state index in [4.69, 9.17) is 4.74 Å². The monoisotopic (exact) mass is 368 g/mol. The molecule has 0 unspecified atom stereocenters. The zero-order valence-electron chi connectivity index (χ0n) is 12.1. The van der Waals surface area contributed by atoms with Crippen LogP contribution in [-0.4, -0.2) is 27.7 Å².